The van der Waals surface area contributed by atoms with Crippen molar-refractivity contribution < 1.29 is 0 Å². The Morgan fingerprint density at radius 2 is 2.46 bits per heavy atom. The Hall–Kier alpha value is -1.36. The summed E-state index contributed by atoms with van der Waals surface area (Å²) in [6.45, 7) is 0.995. The molecule has 2 heterocycles. The lowest BCUT2D eigenvalue weighted by Gasteiger charge is -2.09. The lowest BCUT2D eigenvalue weighted by molar-refractivity contribution is 0.623. The largest absolute Gasteiger partial charge is 0.383 e. The number of H-pyrrole nitrogens is 1. The van der Waals surface area contributed by atoms with Crippen molar-refractivity contribution in [3.8, 4) is 0 Å². The van der Waals surface area contributed by atoms with E-state index in [-0.39, 0.29) is 17.5 Å². The maximum Gasteiger partial charge on any atom is 0.347 e. The van der Waals surface area contributed by atoms with Gasteiger partial charge >= 0.3 is 5.69 Å². The molecule has 0 bridgehead atoms. The van der Waals surface area contributed by atoms with Gasteiger partial charge in [0, 0.05) is 17.8 Å². The van der Waals surface area contributed by atoms with Crippen molar-refractivity contribution in [2.45, 2.75) is 18.9 Å². The van der Waals surface area contributed by atoms with Crippen molar-refractivity contribution in [3.63, 3.8) is 0 Å². The summed E-state index contributed by atoms with van der Waals surface area (Å²) in [5.74, 6) is 0.285. The van der Waals surface area contributed by atoms with E-state index in [1.807, 2.05) is 0 Å². The van der Waals surface area contributed by atoms with E-state index in [0.717, 1.165) is 25.1 Å². The number of rotatable bonds is 1. The number of aromatic nitrogens is 2. The molecule has 0 unspecified atom stereocenters. The van der Waals surface area contributed by atoms with Crippen LogP contribution in [0.4, 0.5) is 5.82 Å². The van der Waals surface area contributed by atoms with E-state index in [4.69, 9.17) is 5.73 Å². The first-order chi connectivity index (χ1) is 6.25. The third-order valence-electron chi connectivity index (χ3n) is 2.22. The van der Waals surface area contributed by atoms with Crippen LogP contribution in [-0.2, 0) is 0 Å². The SMILES string of the molecule is Nc1cc([C@@H]2CCCN2)[nH]c(=O)n1. The number of nitrogens with one attached hydrogen (secondary N) is 2. The summed E-state index contributed by atoms with van der Waals surface area (Å²) >= 11 is 0. The summed E-state index contributed by atoms with van der Waals surface area (Å²) in [5.41, 5.74) is 5.94. The number of nitrogens with two attached hydrogens (primary N) is 1. The molecule has 0 aromatic carbocycles. The maximum atomic E-state index is 11.0. The van der Waals surface area contributed by atoms with Crippen molar-refractivity contribution >= 4 is 5.82 Å². The van der Waals surface area contributed by atoms with E-state index in [1.54, 1.807) is 6.07 Å². The van der Waals surface area contributed by atoms with Gasteiger partial charge in [-0.2, -0.15) is 4.98 Å². The van der Waals surface area contributed by atoms with E-state index >= 15 is 0 Å². The molecule has 1 saturated heterocycles. The van der Waals surface area contributed by atoms with Crippen molar-refractivity contribution in [2.75, 3.05) is 12.3 Å². The van der Waals surface area contributed by atoms with Gasteiger partial charge in [0.1, 0.15) is 5.82 Å². The van der Waals surface area contributed by atoms with E-state index in [2.05, 4.69) is 15.3 Å². The molecule has 1 aliphatic rings. The number of hydrogen-bond donors (Lipinski definition) is 3. The zero-order valence-electron chi connectivity index (χ0n) is 7.21. The second kappa shape index (κ2) is 3.18. The Morgan fingerprint density at radius 1 is 1.62 bits per heavy atom. The molecule has 1 fully saturated rings. The number of aromatic amines is 1. The molecule has 1 aromatic rings. The average molecular weight is 180 g/mol. The van der Waals surface area contributed by atoms with Gasteiger partial charge in [0.2, 0.25) is 0 Å². The molecule has 0 saturated carbocycles. The molecule has 0 amide bonds. The van der Waals surface area contributed by atoms with E-state index < -0.39 is 0 Å². The quantitative estimate of drug-likeness (QED) is 0.557. The predicted octanol–water partition coefficient (Wildman–Crippen LogP) is -0.223. The molecule has 0 spiro atoms. The van der Waals surface area contributed by atoms with Gasteiger partial charge in [-0.15, -0.1) is 0 Å². The van der Waals surface area contributed by atoms with Gasteiger partial charge in [-0.05, 0) is 19.4 Å². The molecule has 0 radical (unpaired) electrons. The summed E-state index contributed by atoms with van der Waals surface area (Å²) in [4.78, 5) is 17.2. The smallest absolute Gasteiger partial charge is 0.347 e. The van der Waals surface area contributed by atoms with E-state index in [9.17, 15) is 4.79 Å². The zero-order chi connectivity index (χ0) is 9.26. The van der Waals surface area contributed by atoms with Crippen LogP contribution in [0.25, 0.3) is 0 Å². The van der Waals surface area contributed by atoms with Crippen molar-refractivity contribution in [1.82, 2.24) is 15.3 Å². The van der Waals surface area contributed by atoms with Gasteiger partial charge in [-0.3, -0.25) is 0 Å². The molecule has 5 nitrogen and oxygen atoms in total. The zero-order valence-corrected chi connectivity index (χ0v) is 7.21. The number of nitrogen functional groups attached to an aromatic ring is 1. The summed E-state index contributed by atoms with van der Waals surface area (Å²) in [7, 11) is 0. The number of hydrogen-bond acceptors (Lipinski definition) is 4. The van der Waals surface area contributed by atoms with Crippen molar-refractivity contribution in [2.24, 2.45) is 0 Å². The molecular formula is C8H12N4O. The Morgan fingerprint density at radius 3 is 3.08 bits per heavy atom. The third kappa shape index (κ3) is 1.70. The van der Waals surface area contributed by atoms with Crippen LogP contribution in [0.5, 0.6) is 0 Å². The molecule has 13 heavy (non-hydrogen) atoms. The monoisotopic (exact) mass is 180 g/mol. The molecule has 70 valence electrons. The highest BCUT2D eigenvalue weighted by molar-refractivity contribution is 5.29. The molecule has 5 heteroatoms. The van der Waals surface area contributed by atoms with Gasteiger partial charge < -0.3 is 16.0 Å². The van der Waals surface area contributed by atoms with Crippen molar-refractivity contribution in [3.05, 3.63) is 22.2 Å². The first-order valence-corrected chi connectivity index (χ1v) is 4.36. The minimum absolute atomic E-state index is 0.234. The highest BCUT2D eigenvalue weighted by Gasteiger charge is 2.17. The average Bonchev–Trinajstić information content (AvgIpc) is 2.53. The van der Waals surface area contributed by atoms with Gasteiger partial charge in [-0.25, -0.2) is 4.79 Å². The summed E-state index contributed by atoms with van der Waals surface area (Å²) in [5, 5.41) is 3.27. The van der Waals surface area contributed by atoms with Crippen molar-refractivity contribution in [1.29, 1.82) is 0 Å². The fourth-order valence-electron chi connectivity index (χ4n) is 1.63. The third-order valence-corrected chi connectivity index (χ3v) is 2.22. The minimum Gasteiger partial charge on any atom is -0.383 e. The van der Waals surface area contributed by atoms with Crippen LogP contribution in [0.2, 0.25) is 0 Å². The molecular weight excluding hydrogens is 168 g/mol. The lowest BCUT2D eigenvalue weighted by atomic mass is 10.1. The van der Waals surface area contributed by atoms with Gasteiger partial charge in [-0.1, -0.05) is 0 Å². The maximum absolute atomic E-state index is 11.0. The van der Waals surface area contributed by atoms with Gasteiger partial charge in [0.15, 0.2) is 0 Å². The highest BCUT2D eigenvalue weighted by atomic mass is 16.1. The Balaban J connectivity index is 2.33. The summed E-state index contributed by atoms with van der Waals surface area (Å²) in [6.07, 6.45) is 2.17. The molecule has 2 rings (SSSR count). The van der Waals surface area contributed by atoms with E-state index in [1.165, 1.54) is 0 Å². The van der Waals surface area contributed by atoms with E-state index in [0.29, 0.717) is 0 Å². The van der Waals surface area contributed by atoms with Crippen LogP contribution in [0.15, 0.2) is 10.9 Å². The Labute approximate surface area is 75.4 Å². The second-order valence-electron chi connectivity index (χ2n) is 3.22. The summed E-state index contributed by atoms with van der Waals surface area (Å²) < 4.78 is 0. The van der Waals surface area contributed by atoms with Crippen LogP contribution in [-0.4, -0.2) is 16.5 Å². The fraction of sp³-hybridized carbons (Fsp3) is 0.500. The van der Waals surface area contributed by atoms with Gasteiger partial charge in [0.05, 0.1) is 0 Å². The standard InChI is InChI=1S/C8H12N4O/c9-7-4-6(11-8(13)12-7)5-2-1-3-10-5/h4-5,10H,1-3H2,(H3,9,11,12,13)/t5-/m0/s1. The van der Waals surface area contributed by atoms with Gasteiger partial charge in [0.25, 0.3) is 0 Å². The molecule has 1 aromatic heterocycles. The minimum atomic E-state index is -0.372. The van der Waals surface area contributed by atoms with Crippen LogP contribution < -0.4 is 16.7 Å². The van der Waals surface area contributed by atoms with Crippen LogP contribution in [0.3, 0.4) is 0 Å². The highest BCUT2D eigenvalue weighted by Crippen LogP contribution is 2.20. The topological polar surface area (TPSA) is 83.8 Å². The normalized spacial score (nSPS) is 22.0. The molecule has 0 aliphatic carbocycles. The fourth-order valence-corrected chi connectivity index (χ4v) is 1.63. The Bertz CT molecular complexity index is 353. The van der Waals surface area contributed by atoms with Crippen LogP contribution in [0.1, 0.15) is 24.6 Å². The first kappa shape index (κ1) is 8.25. The molecule has 1 atom stereocenters. The Kier molecular flexibility index (Phi) is 2.02. The molecule has 4 N–H and O–H groups in total. The first-order valence-electron chi connectivity index (χ1n) is 4.36. The van der Waals surface area contributed by atoms with Crippen LogP contribution >= 0.6 is 0 Å². The summed E-state index contributed by atoms with van der Waals surface area (Å²) in [6, 6.07) is 1.95. The number of nitrogens with zero attached hydrogens (tertiary/aromatic N) is 1. The predicted molar refractivity (Wildman–Crippen MR) is 49.2 cm³/mol. The second-order valence-corrected chi connectivity index (χ2v) is 3.22. The molecule has 1 aliphatic heterocycles. The number of anilines is 1. The lowest BCUT2D eigenvalue weighted by Crippen LogP contribution is -2.21. The van der Waals surface area contributed by atoms with Crippen LogP contribution in [0, 0.1) is 0 Å².